The van der Waals surface area contributed by atoms with Gasteiger partial charge in [-0.05, 0) is 55.5 Å². The molecule has 0 fully saturated rings. The number of aromatic nitrogens is 2. The summed E-state index contributed by atoms with van der Waals surface area (Å²) in [5.41, 5.74) is 2.32. The number of benzene rings is 1. The van der Waals surface area contributed by atoms with E-state index in [9.17, 15) is 9.59 Å². The highest BCUT2D eigenvalue weighted by atomic mass is 32.2. The van der Waals surface area contributed by atoms with Crippen LogP contribution >= 0.6 is 23.1 Å². The Morgan fingerprint density at radius 3 is 2.86 bits per heavy atom. The number of H-pyrrole nitrogens is 1. The fourth-order valence-corrected chi connectivity index (χ4v) is 5.31. The van der Waals surface area contributed by atoms with Crippen molar-refractivity contribution in [3.05, 3.63) is 56.4 Å². The molecule has 6 nitrogen and oxygen atoms in total. The van der Waals surface area contributed by atoms with Gasteiger partial charge in [0.05, 0.1) is 28.5 Å². The van der Waals surface area contributed by atoms with E-state index in [0.29, 0.717) is 22.8 Å². The van der Waals surface area contributed by atoms with Gasteiger partial charge in [0.2, 0.25) is 5.91 Å². The third-order valence-electron chi connectivity index (χ3n) is 4.64. The van der Waals surface area contributed by atoms with Crippen molar-refractivity contribution in [3.8, 4) is 6.07 Å². The second-order valence-electron chi connectivity index (χ2n) is 6.63. The predicted molar refractivity (Wildman–Crippen MR) is 113 cm³/mol. The molecule has 2 N–H and O–H groups in total. The van der Waals surface area contributed by atoms with Gasteiger partial charge < -0.3 is 10.3 Å². The third-order valence-corrected chi connectivity index (χ3v) is 6.77. The standard InChI is InChI=1S/C20H18N4O2S2/c21-9-12-5-7-13(8-6-12)22-17(25)11-27-10-16-23-19(26)18-14-3-1-2-4-15(14)28-20(18)24-16/h5-8H,1-4,10-11H2,(H,22,25)(H,23,24,26). The number of carbonyl (C=O) groups excluding carboxylic acids is 1. The summed E-state index contributed by atoms with van der Waals surface area (Å²) in [6, 6.07) is 8.76. The molecule has 2 heterocycles. The van der Waals surface area contributed by atoms with Crippen LogP contribution in [0.5, 0.6) is 0 Å². The fourth-order valence-electron chi connectivity index (χ4n) is 3.34. The molecular weight excluding hydrogens is 392 g/mol. The van der Waals surface area contributed by atoms with Crippen LogP contribution in [0.4, 0.5) is 5.69 Å². The largest absolute Gasteiger partial charge is 0.325 e. The first-order valence-corrected chi connectivity index (χ1v) is 11.0. The molecule has 0 radical (unpaired) electrons. The number of nitriles is 1. The zero-order chi connectivity index (χ0) is 19.5. The van der Waals surface area contributed by atoms with E-state index in [2.05, 4.69) is 15.3 Å². The van der Waals surface area contributed by atoms with Crippen molar-refractivity contribution in [3.63, 3.8) is 0 Å². The molecule has 8 heteroatoms. The van der Waals surface area contributed by atoms with Crippen LogP contribution in [0.25, 0.3) is 10.2 Å². The van der Waals surface area contributed by atoms with Crippen LogP contribution in [-0.4, -0.2) is 21.6 Å². The van der Waals surface area contributed by atoms with Crippen LogP contribution < -0.4 is 10.9 Å². The Labute approximate surface area is 170 Å². The topological polar surface area (TPSA) is 98.6 Å². The van der Waals surface area contributed by atoms with Gasteiger partial charge in [-0.1, -0.05) is 0 Å². The number of nitrogens with one attached hydrogen (secondary N) is 2. The molecule has 4 rings (SSSR count). The van der Waals surface area contributed by atoms with Gasteiger partial charge >= 0.3 is 0 Å². The van der Waals surface area contributed by atoms with Crippen LogP contribution in [0.2, 0.25) is 0 Å². The number of aryl methyl sites for hydroxylation is 2. The second-order valence-corrected chi connectivity index (χ2v) is 8.70. The molecule has 1 aliphatic carbocycles. The van der Waals surface area contributed by atoms with Crippen molar-refractivity contribution in [1.82, 2.24) is 9.97 Å². The normalized spacial score (nSPS) is 13.1. The summed E-state index contributed by atoms with van der Waals surface area (Å²) < 4.78 is 0. The Hall–Kier alpha value is -2.63. The third kappa shape index (κ3) is 3.96. The Bertz CT molecular complexity index is 1130. The van der Waals surface area contributed by atoms with Crippen molar-refractivity contribution < 1.29 is 4.79 Å². The summed E-state index contributed by atoms with van der Waals surface area (Å²) in [5.74, 6) is 1.19. The highest BCUT2D eigenvalue weighted by molar-refractivity contribution is 7.99. The van der Waals surface area contributed by atoms with Gasteiger partial charge in [-0.25, -0.2) is 4.98 Å². The van der Waals surface area contributed by atoms with Crippen molar-refractivity contribution in [2.75, 3.05) is 11.1 Å². The van der Waals surface area contributed by atoms with E-state index in [1.165, 1.54) is 28.6 Å². The molecule has 1 aromatic carbocycles. The van der Waals surface area contributed by atoms with Crippen LogP contribution in [0, 0.1) is 11.3 Å². The molecule has 0 unspecified atom stereocenters. The molecule has 0 bridgehead atoms. The molecular formula is C20H18N4O2S2. The molecule has 3 aromatic rings. The highest BCUT2D eigenvalue weighted by Gasteiger charge is 2.19. The number of amides is 1. The minimum Gasteiger partial charge on any atom is -0.325 e. The van der Waals surface area contributed by atoms with Gasteiger partial charge in [-0.3, -0.25) is 9.59 Å². The Morgan fingerprint density at radius 1 is 1.29 bits per heavy atom. The van der Waals surface area contributed by atoms with Crippen molar-refractivity contribution in [2.24, 2.45) is 0 Å². The summed E-state index contributed by atoms with van der Waals surface area (Å²) >= 11 is 3.03. The first-order chi connectivity index (χ1) is 13.6. The van der Waals surface area contributed by atoms with E-state index in [1.807, 2.05) is 6.07 Å². The van der Waals surface area contributed by atoms with Gasteiger partial charge in [0, 0.05) is 10.6 Å². The lowest BCUT2D eigenvalue weighted by Crippen LogP contribution is -2.15. The summed E-state index contributed by atoms with van der Waals surface area (Å²) in [6.07, 6.45) is 4.30. The zero-order valence-electron chi connectivity index (χ0n) is 15.1. The van der Waals surface area contributed by atoms with Gasteiger partial charge in [0.1, 0.15) is 10.7 Å². The van der Waals surface area contributed by atoms with Gasteiger partial charge in [-0.2, -0.15) is 5.26 Å². The molecule has 0 spiro atoms. The van der Waals surface area contributed by atoms with Crippen LogP contribution in [-0.2, 0) is 23.4 Å². The lowest BCUT2D eigenvalue weighted by atomic mass is 9.97. The highest BCUT2D eigenvalue weighted by Crippen LogP contribution is 2.33. The van der Waals surface area contributed by atoms with E-state index in [1.54, 1.807) is 35.6 Å². The summed E-state index contributed by atoms with van der Waals surface area (Å²) in [4.78, 5) is 34.2. The molecule has 0 saturated carbocycles. The van der Waals surface area contributed by atoms with E-state index >= 15 is 0 Å². The zero-order valence-corrected chi connectivity index (χ0v) is 16.7. The number of hydrogen-bond acceptors (Lipinski definition) is 6. The molecule has 28 heavy (non-hydrogen) atoms. The van der Waals surface area contributed by atoms with Crippen molar-refractivity contribution in [2.45, 2.75) is 31.4 Å². The number of nitrogens with zero attached hydrogens (tertiary/aromatic N) is 2. The first-order valence-electron chi connectivity index (χ1n) is 9.05. The number of thioether (sulfide) groups is 1. The lowest BCUT2D eigenvalue weighted by Gasteiger charge is -2.09. The van der Waals surface area contributed by atoms with E-state index in [-0.39, 0.29) is 17.2 Å². The number of anilines is 1. The van der Waals surface area contributed by atoms with E-state index < -0.39 is 0 Å². The summed E-state index contributed by atoms with van der Waals surface area (Å²) in [7, 11) is 0. The molecule has 0 aliphatic heterocycles. The lowest BCUT2D eigenvalue weighted by molar-refractivity contribution is -0.113. The van der Waals surface area contributed by atoms with E-state index in [4.69, 9.17) is 5.26 Å². The Morgan fingerprint density at radius 2 is 2.07 bits per heavy atom. The number of fused-ring (bicyclic) bond motifs is 3. The van der Waals surface area contributed by atoms with Crippen molar-refractivity contribution >= 4 is 44.9 Å². The smallest absolute Gasteiger partial charge is 0.259 e. The van der Waals surface area contributed by atoms with Crippen LogP contribution in [0.15, 0.2) is 29.1 Å². The molecule has 0 atom stereocenters. The molecule has 0 saturated heterocycles. The minimum atomic E-state index is -0.135. The van der Waals surface area contributed by atoms with Gasteiger partial charge in [0.15, 0.2) is 0 Å². The Balaban J connectivity index is 1.38. The maximum atomic E-state index is 12.5. The monoisotopic (exact) mass is 410 g/mol. The molecule has 1 amide bonds. The maximum absolute atomic E-state index is 12.5. The average molecular weight is 411 g/mol. The van der Waals surface area contributed by atoms with Gasteiger partial charge in [0.25, 0.3) is 5.56 Å². The quantitative estimate of drug-likeness (QED) is 0.669. The second kappa shape index (κ2) is 8.17. The predicted octanol–water partition coefficient (Wildman–Crippen LogP) is 3.61. The van der Waals surface area contributed by atoms with Crippen molar-refractivity contribution in [1.29, 1.82) is 5.26 Å². The average Bonchev–Trinajstić information content (AvgIpc) is 3.07. The maximum Gasteiger partial charge on any atom is 0.259 e. The molecule has 1 aliphatic rings. The fraction of sp³-hybridized carbons (Fsp3) is 0.300. The number of aromatic amines is 1. The van der Waals surface area contributed by atoms with Crippen LogP contribution in [0.1, 0.15) is 34.7 Å². The number of carbonyl (C=O) groups is 1. The number of hydrogen-bond donors (Lipinski definition) is 2. The SMILES string of the molecule is N#Cc1ccc(NC(=O)CSCc2nc3sc4c(c3c(=O)[nH]2)CCCC4)cc1. The molecule has 142 valence electrons. The first kappa shape index (κ1) is 18.7. The van der Waals surface area contributed by atoms with Gasteiger partial charge in [-0.15, -0.1) is 23.1 Å². The number of thiophene rings is 1. The summed E-state index contributed by atoms with van der Waals surface area (Å²) in [5, 5.41) is 12.3. The minimum absolute atomic E-state index is 0.0676. The van der Waals surface area contributed by atoms with E-state index in [0.717, 1.165) is 29.5 Å². The summed E-state index contributed by atoms with van der Waals surface area (Å²) in [6.45, 7) is 0. The number of rotatable bonds is 5. The van der Waals surface area contributed by atoms with Crippen LogP contribution in [0.3, 0.4) is 0 Å². The Kier molecular flexibility index (Phi) is 5.46. The molecule has 2 aromatic heterocycles.